The van der Waals surface area contributed by atoms with E-state index in [0.29, 0.717) is 5.75 Å². The molecule has 0 radical (unpaired) electrons. The molecule has 116 valence electrons. The van der Waals surface area contributed by atoms with Gasteiger partial charge in [0.1, 0.15) is 5.75 Å². The number of esters is 1. The Balaban J connectivity index is 3.35. The standard InChI is InChI=1S/C15H20O5S/c1-5-6-11-15(2,14(16)20-4)21(17,18)13-9-7-12(19-3)8-10-13/h5-10H,11H2,1-4H3. The molecule has 1 atom stereocenters. The van der Waals surface area contributed by atoms with Crippen LogP contribution in [-0.4, -0.2) is 33.4 Å². The van der Waals surface area contributed by atoms with E-state index in [4.69, 9.17) is 4.74 Å². The predicted molar refractivity (Wildman–Crippen MR) is 80.0 cm³/mol. The lowest BCUT2D eigenvalue weighted by Gasteiger charge is -2.25. The Morgan fingerprint density at radius 3 is 2.24 bits per heavy atom. The van der Waals surface area contributed by atoms with Crippen LogP contribution in [0.1, 0.15) is 20.3 Å². The number of methoxy groups -OCH3 is 2. The third-order valence-corrected chi connectivity index (χ3v) is 5.74. The largest absolute Gasteiger partial charge is 0.497 e. The average Bonchev–Trinajstić information content (AvgIpc) is 2.51. The van der Waals surface area contributed by atoms with Crippen LogP contribution in [0.3, 0.4) is 0 Å². The van der Waals surface area contributed by atoms with E-state index in [1.54, 1.807) is 31.2 Å². The monoisotopic (exact) mass is 312 g/mol. The van der Waals surface area contributed by atoms with Crippen molar-refractivity contribution in [3.63, 3.8) is 0 Å². The zero-order valence-corrected chi connectivity index (χ0v) is 13.4. The Labute approximate surface area is 125 Å². The van der Waals surface area contributed by atoms with Crippen molar-refractivity contribution in [3.05, 3.63) is 36.4 Å². The summed E-state index contributed by atoms with van der Waals surface area (Å²) in [5, 5.41) is 0. The Kier molecular flexibility index (Phi) is 5.54. The van der Waals surface area contributed by atoms with Gasteiger partial charge >= 0.3 is 5.97 Å². The maximum absolute atomic E-state index is 12.8. The normalized spacial score (nSPS) is 14.7. The molecule has 6 heteroatoms. The molecule has 0 aliphatic carbocycles. The van der Waals surface area contributed by atoms with Gasteiger partial charge in [0.15, 0.2) is 14.6 Å². The smallest absolute Gasteiger partial charge is 0.327 e. The third kappa shape index (κ3) is 3.26. The van der Waals surface area contributed by atoms with Crippen molar-refractivity contribution in [2.24, 2.45) is 0 Å². The Hall–Kier alpha value is -1.82. The molecule has 0 amide bonds. The first-order chi connectivity index (χ1) is 9.83. The molecule has 5 nitrogen and oxygen atoms in total. The highest BCUT2D eigenvalue weighted by molar-refractivity contribution is 7.93. The topological polar surface area (TPSA) is 69.7 Å². The van der Waals surface area contributed by atoms with E-state index < -0.39 is 20.6 Å². The van der Waals surface area contributed by atoms with Crippen LogP contribution in [0.4, 0.5) is 0 Å². The van der Waals surface area contributed by atoms with E-state index in [2.05, 4.69) is 4.74 Å². The number of benzene rings is 1. The van der Waals surface area contributed by atoms with Gasteiger partial charge in [-0.2, -0.15) is 0 Å². The fourth-order valence-electron chi connectivity index (χ4n) is 1.88. The molecule has 1 unspecified atom stereocenters. The van der Waals surface area contributed by atoms with E-state index in [9.17, 15) is 13.2 Å². The highest BCUT2D eigenvalue weighted by atomic mass is 32.2. The lowest BCUT2D eigenvalue weighted by atomic mass is 10.1. The van der Waals surface area contributed by atoms with Gasteiger partial charge in [0, 0.05) is 0 Å². The van der Waals surface area contributed by atoms with E-state index in [0.717, 1.165) is 0 Å². The molecule has 1 aromatic carbocycles. The molecule has 1 rings (SSSR count). The highest BCUT2D eigenvalue weighted by Gasteiger charge is 2.47. The minimum absolute atomic E-state index is 0.0462. The number of sulfone groups is 1. The van der Waals surface area contributed by atoms with E-state index in [-0.39, 0.29) is 11.3 Å². The molecule has 0 bridgehead atoms. The number of rotatable bonds is 6. The number of carbonyl (C=O) groups is 1. The second-order valence-electron chi connectivity index (χ2n) is 4.67. The summed E-state index contributed by atoms with van der Waals surface area (Å²) in [6, 6.07) is 5.93. The molecule has 0 aromatic heterocycles. The maximum atomic E-state index is 12.8. The zero-order chi connectivity index (χ0) is 16.1. The predicted octanol–water partition coefficient (Wildman–Crippen LogP) is 2.37. The maximum Gasteiger partial charge on any atom is 0.327 e. The van der Waals surface area contributed by atoms with E-state index >= 15 is 0 Å². The quantitative estimate of drug-likeness (QED) is 0.596. The minimum atomic E-state index is -3.89. The lowest BCUT2D eigenvalue weighted by Crippen LogP contribution is -2.44. The first kappa shape index (κ1) is 17.2. The first-order valence-corrected chi connectivity index (χ1v) is 7.90. The molecular weight excluding hydrogens is 292 g/mol. The molecule has 0 aliphatic heterocycles. The van der Waals surface area contributed by atoms with Gasteiger partial charge in [-0.15, -0.1) is 0 Å². The summed E-state index contributed by atoms with van der Waals surface area (Å²) in [7, 11) is -1.22. The number of carbonyl (C=O) groups excluding carboxylic acids is 1. The SMILES string of the molecule is CC=CCC(C)(C(=O)OC)S(=O)(=O)c1ccc(OC)cc1. The summed E-state index contributed by atoms with van der Waals surface area (Å²) < 4.78 is 33.6. The van der Waals surface area contributed by atoms with Crippen molar-refractivity contribution in [2.75, 3.05) is 14.2 Å². The molecule has 0 saturated heterocycles. The molecule has 0 heterocycles. The number of hydrogen-bond donors (Lipinski definition) is 0. The van der Waals surface area contributed by atoms with Crippen LogP contribution in [0, 0.1) is 0 Å². The van der Waals surface area contributed by atoms with Crippen molar-refractivity contribution < 1.29 is 22.7 Å². The Morgan fingerprint density at radius 1 is 1.24 bits per heavy atom. The minimum Gasteiger partial charge on any atom is -0.497 e. The van der Waals surface area contributed by atoms with Crippen LogP contribution in [0.5, 0.6) is 5.75 Å². The van der Waals surface area contributed by atoms with E-state index in [1.807, 2.05) is 0 Å². The van der Waals surface area contributed by atoms with Gasteiger partial charge in [-0.25, -0.2) is 8.42 Å². The van der Waals surface area contributed by atoms with Crippen LogP contribution in [0.25, 0.3) is 0 Å². The van der Waals surface area contributed by atoms with Crippen LogP contribution >= 0.6 is 0 Å². The van der Waals surface area contributed by atoms with Crippen LogP contribution in [0.15, 0.2) is 41.3 Å². The summed E-state index contributed by atoms with van der Waals surface area (Å²) in [6.45, 7) is 3.14. The molecule has 0 aliphatic rings. The average molecular weight is 312 g/mol. The molecule has 0 fully saturated rings. The fourth-order valence-corrected chi connectivity index (χ4v) is 3.51. The molecule has 0 N–H and O–H groups in total. The summed E-state index contributed by atoms with van der Waals surface area (Å²) in [6.07, 6.45) is 3.38. The number of allylic oxidation sites excluding steroid dienone is 2. The van der Waals surface area contributed by atoms with Gasteiger partial charge < -0.3 is 9.47 Å². The van der Waals surface area contributed by atoms with Gasteiger partial charge in [-0.1, -0.05) is 12.2 Å². The summed E-state index contributed by atoms with van der Waals surface area (Å²) in [5.74, 6) is -0.237. The van der Waals surface area contributed by atoms with Gasteiger partial charge in [0.25, 0.3) is 0 Å². The van der Waals surface area contributed by atoms with Crippen molar-refractivity contribution in [2.45, 2.75) is 29.9 Å². The molecule has 0 saturated carbocycles. The van der Waals surface area contributed by atoms with Crippen LogP contribution in [-0.2, 0) is 19.4 Å². The second kappa shape index (κ2) is 6.76. The highest BCUT2D eigenvalue weighted by Crippen LogP contribution is 2.31. The van der Waals surface area contributed by atoms with Crippen LogP contribution < -0.4 is 4.74 Å². The third-order valence-electron chi connectivity index (χ3n) is 3.32. The Morgan fingerprint density at radius 2 is 1.81 bits per heavy atom. The molecular formula is C15H20O5S. The summed E-state index contributed by atoms with van der Waals surface area (Å²) in [4.78, 5) is 12.1. The number of ether oxygens (including phenoxy) is 2. The molecule has 0 spiro atoms. The van der Waals surface area contributed by atoms with Gasteiger partial charge in [0.05, 0.1) is 19.1 Å². The van der Waals surface area contributed by atoms with Gasteiger partial charge in [-0.05, 0) is 44.5 Å². The van der Waals surface area contributed by atoms with Crippen molar-refractivity contribution in [3.8, 4) is 5.75 Å². The molecule has 1 aromatic rings. The molecule has 21 heavy (non-hydrogen) atoms. The summed E-state index contributed by atoms with van der Waals surface area (Å²) >= 11 is 0. The first-order valence-electron chi connectivity index (χ1n) is 6.41. The van der Waals surface area contributed by atoms with Gasteiger partial charge in [0.2, 0.25) is 0 Å². The zero-order valence-electron chi connectivity index (χ0n) is 12.6. The van der Waals surface area contributed by atoms with Crippen molar-refractivity contribution >= 4 is 15.8 Å². The van der Waals surface area contributed by atoms with Crippen molar-refractivity contribution in [1.82, 2.24) is 0 Å². The van der Waals surface area contributed by atoms with Crippen molar-refractivity contribution in [1.29, 1.82) is 0 Å². The second-order valence-corrected chi connectivity index (χ2v) is 7.05. The van der Waals surface area contributed by atoms with E-state index in [1.165, 1.54) is 33.3 Å². The fraction of sp³-hybridized carbons (Fsp3) is 0.400. The van der Waals surface area contributed by atoms with Crippen LogP contribution in [0.2, 0.25) is 0 Å². The lowest BCUT2D eigenvalue weighted by molar-refractivity contribution is -0.143. The Bertz CT molecular complexity index is 616. The van der Waals surface area contributed by atoms with Gasteiger partial charge in [-0.3, -0.25) is 4.79 Å². The summed E-state index contributed by atoms with van der Waals surface area (Å²) in [5.41, 5.74) is 0. The number of hydrogen-bond acceptors (Lipinski definition) is 5.